The largest absolute Gasteiger partial charge is 0.355 e. The molecule has 2 rings (SSSR count). The zero-order chi connectivity index (χ0) is 13.0. The molecule has 0 heterocycles. The zero-order valence-electron chi connectivity index (χ0n) is 11.4. The van der Waals surface area contributed by atoms with E-state index < -0.39 is 0 Å². The van der Waals surface area contributed by atoms with Gasteiger partial charge < -0.3 is 11.1 Å². The van der Waals surface area contributed by atoms with Crippen molar-refractivity contribution in [3.63, 3.8) is 0 Å². The number of hydrogen-bond donors (Lipinski definition) is 2. The van der Waals surface area contributed by atoms with Crippen molar-refractivity contribution in [2.24, 2.45) is 5.73 Å². The van der Waals surface area contributed by atoms with E-state index in [0.29, 0.717) is 6.42 Å². The van der Waals surface area contributed by atoms with Gasteiger partial charge in [-0.25, -0.2) is 0 Å². The Hall–Kier alpha value is -1.06. The van der Waals surface area contributed by atoms with Gasteiger partial charge in [0.25, 0.3) is 0 Å². The van der Waals surface area contributed by atoms with Crippen LogP contribution in [0.5, 0.6) is 0 Å². The Morgan fingerprint density at radius 2 is 2.00 bits per heavy atom. The van der Waals surface area contributed by atoms with Gasteiger partial charge in [0, 0.05) is 24.4 Å². The Balaban J connectivity index is 0.00000180. The van der Waals surface area contributed by atoms with Gasteiger partial charge in [-0.3, -0.25) is 4.79 Å². The van der Waals surface area contributed by atoms with Crippen LogP contribution >= 0.6 is 12.4 Å². The molecule has 0 bridgehead atoms. The maximum absolute atomic E-state index is 11.7. The summed E-state index contributed by atoms with van der Waals surface area (Å²) < 4.78 is 0. The fraction of sp³-hybridized carbons (Fsp3) is 0.533. The van der Waals surface area contributed by atoms with Crippen molar-refractivity contribution in [2.75, 3.05) is 6.54 Å². The van der Waals surface area contributed by atoms with E-state index in [0.717, 1.165) is 19.4 Å². The second-order valence-corrected chi connectivity index (χ2v) is 5.46. The molecule has 1 fully saturated rings. The van der Waals surface area contributed by atoms with Gasteiger partial charge in [-0.05, 0) is 25.3 Å². The van der Waals surface area contributed by atoms with E-state index in [1.165, 1.54) is 12.0 Å². The second-order valence-electron chi connectivity index (χ2n) is 5.46. The Kier molecular flexibility index (Phi) is 5.83. The standard InChI is InChI=1S/C15H22N2O.ClH/c1-12(16)10-14(18)17-11-15(8-5-9-15)13-6-3-2-4-7-13;/h2-4,6-7,12H,5,8-11,16H2,1H3,(H,17,18);1H. The van der Waals surface area contributed by atoms with Crippen LogP contribution < -0.4 is 11.1 Å². The monoisotopic (exact) mass is 282 g/mol. The Bertz CT molecular complexity index is 402. The minimum absolute atomic E-state index is 0. The van der Waals surface area contributed by atoms with Crippen molar-refractivity contribution in [3.8, 4) is 0 Å². The van der Waals surface area contributed by atoms with Gasteiger partial charge in [-0.1, -0.05) is 36.8 Å². The summed E-state index contributed by atoms with van der Waals surface area (Å²) in [7, 11) is 0. The number of nitrogens with two attached hydrogens (primary N) is 1. The highest BCUT2D eigenvalue weighted by Gasteiger charge is 2.38. The number of carbonyl (C=O) groups is 1. The van der Waals surface area contributed by atoms with E-state index in [1.807, 2.05) is 13.0 Å². The van der Waals surface area contributed by atoms with Gasteiger partial charge in [0.2, 0.25) is 5.91 Å². The molecule has 1 aromatic carbocycles. The summed E-state index contributed by atoms with van der Waals surface area (Å²) in [5.41, 5.74) is 7.14. The van der Waals surface area contributed by atoms with E-state index in [-0.39, 0.29) is 29.8 Å². The molecule has 3 N–H and O–H groups in total. The Labute approximate surface area is 121 Å². The molecule has 1 unspecified atom stereocenters. The molecule has 1 aliphatic carbocycles. The van der Waals surface area contributed by atoms with Crippen molar-refractivity contribution in [3.05, 3.63) is 35.9 Å². The van der Waals surface area contributed by atoms with Gasteiger partial charge in [0.15, 0.2) is 0 Å². The SMILES string of the molecule is CC(N)CC(=O)NCC1(c2ccccc2)CCC1.Cl. The molecule has 0 aliphatic heterocycles. The summed E-state index contributed by atoms with van der Waals surface area (Å²) in [5, 5.41) is 3.04. The van der Waals surface area contributed by atoms with Crippen molar-refractivity contribution < 1.29 is 4.79 Å². The summed E-state index contributed by atoms with van der Waals surface area (Å²) in [6.45, 7) is 2.60. The minimum Gasteiger partial charge on any atom is -0.355 e. The molecular weight excluding hydrogens is 260 g/mol. The Morgan fingerprint density at radius 1 is 1.37 bits per heavy atom. The van der Waals surface area contributed by atoms with E-state index >= 15 is 0 Å². The number of benzene rings is 1. The van der Waals surface area contributed by atoms with Gasteiger partial charge in [0.05, 0.1) is 0 Å². The topological polar surface area (TPSA) is 55.1 Å². The summed E-state index contributed by atoms with van der Waals surface area (Å²) in [5.74, 6) is 0.0622. The molecule has 0 aromatic heterocycles. The molecule has 1 saturated carbocycles. The molecule has 3 nitrogen and oxygen atoms in total. The molecule has 19 heavy (non-hydrogen) atoms. The summed E-state index contributed by atoms with van der Waals surface area (Å²) in [6, 6.07) is 10.4. The molecule has 1 amide bonds. The van der Waals surface area contributed by atoms with Crippen LogP contribution in [0.3, 0.4) is 0 Å². The molecular formula is C15H23ClN2O. The quantitative estimate of drug-likeness (QED) is 0.871. The number of rotatable bonds is 5. The minimum atomic E-state index is -0.0703. The number of amides is 1. The van der Waals surface area contributed by atoms with Gasteiger partial charge in [0.1, 0.15) is 0 Å². The van der Waals surface area contributed by atoms with Gasteiger partial charge in [-0.2, -0.15) is 0 Å². The number of nitrogens with one attached hydrogen (secondary N) is 1. The van der Waals surface area contributed by atoms with E-state index in [2.05, 4.69) is 29.6 Å². The number of carbonyl (C=O) groups excluding carboxylic acids is 1. The first-order chi connectivity index (χ1) is 8.62. The van der Waals surface area contributed by atoms with Crippen LogP contribution in [0.1, 0.15) is 38.2 Å². The highest BCUT2D eigenvalue weighted by molar-refractivity contribution is 5.85. The highest BCUT2D eigenvalue weighted by atomic mass is 35.5. The molecule has 1 aliphatic rings. The summed E-state index contributed by atoms with van der Waals surface area (Å²) in [6.07, 6.45) is 3.98. The van der Waals surface area contributed by atoms with E-state index in [9.17, 15) is 4.79 Å². The van der Waals surface area contributed by atoms with Crippen molar-refractivity contribution >= 4 is 18.3 Å². The second kappa shape index (κ2) is 6.92. The predicted octanol–water partition coefficient (Wildman–Crippen LogP) is 2.38. The maximum atomic E-state index is 11.7. The fourth-order valence-electron chi connectivity index (χ4n) is 2.60. The molecule has 1 atom stereocenters. The smallest absolute Gasteiger partial charge is 0.221 e. The third kappa shape index (κ3) is 3.95. The molecule has 1 aromatic rings. The van der Waals surface area contributed by atoms with E-state index in [4.69, 9.17) is 5.73 Å². The fourth-order valence-corrected chi connectivity index (χ4v) is 2.60. The first-order valence-corrected chi connectivity index (χ1v) is 6.70. The first kappa shape index (κ1) is 16.0. The molecule has 0 spiro atoms. The first-order valence-electron chi connectivity index (χ1n) is 6.70. The van der Waals surface area contributed by atoms with Crippen LogP contribution in [0.25, 0.3) is 0 Å². The maximum Gasteiger partial charge on any atom is 0.221 e. The van der Waals surface area contributed by atoms with Crippen LogP contribution in [0.15, 0.2) is 30.3 Å². The van der Waals surface area contributed by atoms with Crippen LogP contribution in [0, 0.1) is 0 Å². The van der Waals surface area contributed by atoms with Gasteiger partial charge in [-0.15, -0.1) is 12.4 Å². The predicted molar refractivity (Wildman–Crippen MR) is 80.5 cm³/mol. The summed E-state index contributed by atoms with van der Waals surface area (Å²) in [4.78, 5) is 11.7. The molecule has 0 saturated heterocycles. The lowest BCUT2D eigenvalue weighted by atomic mass is 9.64. The third-order valence-electron chi connectivity index (χ3n) is 3.83. The Morgan fingerprint density at radius 3 is 2.47 bits per heavy atom. The lowest BCUT2D eigenvalue weighted by molar-refractivity contribution is -0.121. The van der Waals surface area contributed by atoms with Crippen molar-refractivity contribution in [1.82, 2.24) is 5.32 Å². The van der Waals surface area contributed by atoms with Crippen LogP contribution in [0.4, 0.5) is 0 Å². The van der Waals surface area contributed by atoms with Crippen molar-refractivity contribution in [1.29, 1.82) is 0 Å². The lowest BCUT2D eigenvalue weighted by Gasteiger charge is -2.42. The number of hydrogen-bond acceptors (Lipinski definition) is 2. The average molecular weight is 283 g/mol. The highest BCUT2D eigenvalue weighted by Crippen LogP contribution is 2.43. The van der Waals surface area contributed by atoms with Crippen LogP contribution in [-0.4, -0.2) is 18.5 Å². The summed E-state index contributed by atoms with van der Waals surface area (Å²) >= 11 is 0. The van der Waals surface area contributed by atoms with Gasteiger partial charge >= 0.3 is 0 Å². The number of halogens is 1. The lowest BCUT2D eigenvalue weighted by Crippen LogP contribution is -2.46. The average Bonchev–Trinajstić information content (AvgIpc) is 2.28. The molecule has 0 radical (unpaired) electrons. The zero-order valence-corrected chi connectivity index (χ0v) is 12.2. The normalized spacial score (nSPS) is 17.8. The third-order valence-corrected chi connectivity index (χ3v) is 3.83. The molecule has 106 valence electrons. The van der Waals surface area contributed by atoms with Crippen LogP contribution in [-0.2, 0) is 10.2 Å². The van der Waals surface area contributed by atoms with E-state index in [1.54, 1.807) is 0 Å². The van der Waals surface area contributed by atoms with Crippen molar-refractivity contribution in [2.45, 2.75) is 44.1 Å². The molecule has 4 heteroatoms. The van der Waals surface area contributed by atoms with Crippen LogP contribution in [0.2, 0.25) is 0 Å².